The molecule has 7 nitrogen and oxygen atoms in total. The van der Waals surface area contributed by atoms with Gasteiger partial charge in [-0.15, -0.1) is 0 Å². The number of hydrogen-bond acceptors (Lipinski definition) is 5. The molecule has 0 radical (unpaired) electrons. The molecule has 0 aliphatic carbocycles. The number of likely N-dealkylation sites (N-methyl/N-ethyl adjacent to an activating group) is 1. The number of hydrogen-bond donors (Lipinski definition) is 3. The minimum Gasteiger partial charge on any atom is -0.378 e. The molecule has 0 saturated carbocycles. The molecule has 0 bridgehead atoms. The third-order valence-electron chi connectivity index (χ3n) is 2.48. The molecule has 0 unspecified atom stereocenters. The molecule has 3 N–H and O–H groups in total. The third-order valence-corrected chi connectivity index (χ3v) is 2.48. The van der Waals surface area contributed by atoms with Crippen molar-refractivity contribution in [2.24, 2.45) is 0 Å². The zero-order valence-electron chi connectivity index (χ0n) is 11.0. The van der Waals surface area contributed by atoms with E-state index in [1.54, 1.807) is 26.1 Å². The fourth-order valence-corrected chi connectivity index (χ4v) is 1.56. The zero-order chi connectivity index (χ0) is 14.3. The first kappa shape index (κ1) is 14.9. The van der Waals surface area contributed by atoms with Crippen molar-refractivity contribution in [3.63, 3.8) is 0 Å². The molecule has 0 aliphatic heterocycles. The van der Waals surface area contributed by atoms with E-state index >= 15 is 0 Å². The van der Waals surface area contributed by atoms with Gasteiger partial charge in [0.2, 0.25) is 0 Å². The molecular weight excluding hydrogens is 248 g/mol. The summed E-state index contributed by atoms with van der Waals surface area (Å²) in [5.41, 5.74) is 0.598. The van der Waals surface area contributed by atoms with Gasteiger partial charge >= 0.3 is 0 Å². The Balaban J connectivity index is 2.94. The molecule has 0 spiro atoms. The molecule has 0 aliphatic rings. The van der Waals surface area contributed by atoms with Crippen LogP contribution >= 0.6 is 0 Å². The van der Waals surface area contributed by atoms with E-state index in [1.165, 1.54) is 6.07 Å². The maximum absolute atomic E-state index is 11.6. The van der Waals surface area contributed by atoms with Crippen LogP contribution in [0.2, 0.25) is 0 Å². The van der Waals surface area contributed by atoms with Crippen LogP contribution in [0, 0.1) is 10.1 Å². The smallest absolute Gasteiger partial charge is 0.293 e. The summed E-state index contributed by atoms with van der Waals surface area (Å²) in [6.07, 6.45) is 0. The van der Waals surface area contributed by atoms with Crippen molar-refractivity contribution in [2.45, 2.75) is 6.92 Å². The predicted octanol–water partition coefficient (Wildman–Crippen LogP) is 0.976. The number of anilines is 1. The minimum absolute atomic E-state index is 0.0974. The van der Waals surface area contributed by atoms with Crippen LogP contribution in [0.25, 0.3) is 0 Å². The van der Waals surface area contributed by atoms with Gasteiger partial charge in [0, 0.05) is 31.3 Å². The average molecular weight is 266 g/mol. The minimum atomic E-state index is -0.496. The molecule has 0 fully saturated rings. The Morgan fingerprint density at radius 1 is 1.37 bits per heavy atom. The molecule has 7 heteroatoms. The maximum atomic E-state index is 11.6. The summed E-state index contributed by atoms with van der Waals surface area (Å²) in [5, 5.41) is 19.5. The second-order valence-electron chi connectivity index (χ2n) is 3.88. The normalized spacial score (nSPS) is 10.0. The summed E-state index contributed by atoms with van der Waals surface area (Å²) in [4.78, 5) is 22.1. The van der Waals surface area contributed by atoms with Crippen molar-refractivity contribution in [1.29, 1.82) is 0 Å². The lowest BCUT2D eigenvalue weighted by Crippen LogP contribution is -2.23. The SMILES string of the molecule is CCNC(=O)c1ccc(NCCNC)c([N+](=O)[O-])c1. The van der Waals surface area contributed by atoms with Crippen molar-refractivity contribution in [1.82, 2.24) is 10.6 Å². The summed E-state index contributed by atoms with van der Waals surface area (Å²) in [7, 11) is 1.80. The van der Waals surface area contributed by atoms with Crippen LogP contribution in [0.15, 0.2) is 18.2 Å². The van der Waals surface area contributed by atoms with Gasteiger partial charge in [-0.1, -0.05) is 0 Å². The highest BCUT2D eigenvalue weighted by Gasteiger charge is 2.16. The highest BCUT2D eigenvalue weighted by Crippen LogP contribution is 2.25. The summed E-state index contributed by atoms with van der Waals surface area (Å²) in [6.45, 7) is 3.53. The van der Waals surface area contributed by atoms with E-state index in [-0.39, 0.29) is 17.2 Å². The van der Waals surface area contributed by atoms with Gasteiger partial charge in [-0.25, -0.2) is 0 Å². The Morgan fingerprint density at radius 2 is 2.11 bits per heavy atom. The molecule has 0 heterocycles. The van der Waals surface area contributed by atoms with E-state index < -0.39 is 4.92 Å². The molecule has 1 aromatic carbocycles. The summed E-state index contributed by atoms with van der Waals surface area (Å²) >= 11 is 0. The quantitative estimate of drug-likeness (QED) is 0.388. The molecule has 0 saturated heterocycles. The summed E-state index contributed by atoms with van der Waals surface area (Å²) in [5.74, 6) is -0.313. The third kappa shape index (κ3) is 4.22. The number of nitrogens with one attached hydrogen (secondary N) is 3. The van der Waals surface area contributed by atoms with E-state index in [9.17, 15) is 14.9 Å². The van der Waals surface area contributed by atoms with Gasteiger partial charge in [-0.3, -0.25) is 14.9 Å². The van der Waals surface area contributed by atoms with Crippen molar-refractivity contribution < 1.29 is 9.72 Å². The standard InChI is InChI=1S/C12H18N4O3/c1-3-14-12(17)9-4-5-10(15-7-6-13-2)11(8-9)16(18)19/h4-5,8,13,15H,3,6-7H2,1-2H3,(H,14,17). The van der Waals surface area contributed by atoms with Crippen molar-refractivity contribution in [3.05, 3.63) is 33.9 Å². The number of nitrogens with zero attached hydrogens (tertiary/aromatic N) is 1. The average Bonchev–Trinajstić information content (AvgIpc) is 2.39. The van der Waals surface area contributed by atoms with E-state index in [0.29, 0.717) is 25.3 Å². The Bertz CT molecular complexity index is 462. The number of rotatable bonds is 7. The molecule has 104 valence electrons. The van der Waals surface area contributed by atoms with Crippen molar-refractivity contribution >= 4 is 17.3 Å². The molecule has 1 aromatic rings. The van der Waals surface area contributed by atoms with E-state index in [2.05, 4.69) is 16.0 Å². The van der Waals surface area contributed by atoms with Crippen LogP contribution in [0.4, 0.5) is 11.4 Å². The maximum Gasteiger partial charge on any atom is 0.293 e. The number of nitro groups is 1. The van der Waals surface area contributed by atoms with Gasteiger partial charge in [-0.2, -0.15) is 0 Å². The lowest BCUT2D eigenvalue weighted by molar-refractivity contribution is -0.384. The fourth-order valence-electron chi connectivity index (χ4n) is 1.56. The van der Waals surface area contributed by atoms with Crippen LogP contribution in [0.5, 0.6) is 0 Å². The van der Waals surface area contributed by atoms with Gasteiger partial charge in [-0.05, 0) is 26.1 Å². The Labute approximate surface area is 111 Å². The van der Waals surface area contributed by atoms with E-state index in [1.807, 2.05) is 0 Å². The predicted molar refractivity (Wildman–Crippen MR) is 73.5 cm³/mol. The molecule has 19 heavy (non-hydrogen) atoms. The fraction of sp³-hybridized carbons (Fsp3) is 0.417. The number of carbonyl (C=O) groups is 1. The van der Waals surface area contributed by atoms with Crippen LogP contribution in [-0.4, -0.2) is 37.5 Å². The van der Waals surface area contributed by atoms with Crippen LogP contribution < -0.4 is 16.0 Å². The zero-order valence-corrected chi connectivity index (χ0v) is 11.0. The number of amides is 1. The number of nitro benzene ring substituents is 1. The van der Waals surface area contributed by atoms with Crippen molar-refractivity contribution in [2.75, 3.05) is 32.0 Å². The van der Waals surface area contributed by atoms with Crippen molar-refractivity contribution in [3.8, 4) is 0 Å². The first-order chi connectivity index (χ1) is 9.10. The Morgan fingerprint density at radius 3 is 2.68 bits per heavy atom. The van der Waals surface area contributed by atoms with Gasteiger partial charge in [0.05, 0.1) is 4.92 Å². The largest absolute Gasteiger partial charge is 0.378 e. The highest BCUT2D eigenvalue weighted by molar-refractivity contribution is 5.95. The van der Waals surface area contributed by atoms with E-state index in [4.69, 9.17) is 0 Å². The molecule has 1 rings (SSSR count). The highest BCUT2D eigenvalue weighted by atomic mass is 16.6. The second-order valence-corrected chi connectivity index (χ2v) is 3.88. The number of carbonyl (C=O) groups excluding carboxylic acids is 1. The molecule has 0 aromatic heterocycles. The summed E-state index contributed by atoms with van der Waals surface area (Å²) < 4.78 is 0. The monoisotopic (exact) mass is 266 g/mol. The molecule has 0 atom stereocenters. The Hall–Kier alpha value is -2.15. The lowest BCUT2D eigenvalue weighted by Gasteiger charge is -2.08. The topological polar surface area (TPSA) is 96.3 Å². The second kappa shape index (κ2) is 7.32. The summed E-state index contributed by atoms with van der Waals surface area (Å²) in [6, 6.07) is 4.41. The van der Waals surface area contributed by atoms with Gasteiger partial charge in [0.15, 0.2) is 0 Å². The lowest BCUT2D eigenvalue weighted by atomic mass is 10.1. The van der Waals surface area contributed by atoms with Gasteiger partial charge in [0.25, 0.3) is 11.6 Å². The molecule has 1 amide bonds. The first-order valence-corrected chi connectivity index (χ1v) is 6.05. The first-order valence-electron chi connectivity index (χ1n) is 6.05. The molecular formula is C12H18N4O3. The van der Waals surface area contributed by atoms with Crippen LogP contribution in [-0.2, 0) is 0 Å². The van der Waals surface area contributed by atoms with Crippen LogP contribution in [0.1, 0.15) is 17.3 Å². The number of benzene rings is 1. The Kier molecular flexibility index (Phi) is 5.74. The van der Waals surface area contributed by atoms with Gasteiger partial charge < -0.3 is 16.0 Å². The van der Waals surface area contributed by atoms with Gasteiger partial charge in [0.1, 0.15) is 5.69 Å². The van der Waals surface area contributed by atoms with Crippen LogP contribution in [0.3, 0.4) is 0 Å². The van der Waals surface area contributed by atoms with E-state index in [0.717, 1.165) is 0 Å².